The molecule has 7 rings (SSSR count). The molecule has 1 amide bonds. The van der Waals surface area contributed by atoms with E-state index in [1.807, 2.05) is 41.3 Å². The number of aryl methyl sites for hydroxylation is 1. The van der Waals surface area contributed by atoms with Gasteiger partial charge >= 0.3 is 0 Å². The molecule has 4 heteroatoms. The summed E-state index contributed by atoms with van der Waals surface area (Å²) in [5, 5.41) is 0. The number of rotatable bonds is 10. The number of anilines is 1. The van der Waals surface area contributed by atoms with Crippen molar-refractivity contribution in [1.82, 2.24) is 0 Å². The van der Waals surface area contributed by atoms with E-state index in [1.165, 1.54) is 18.4 Å². The van der Waals surface area contributed by atoms with Crippen molar-refractivity contribution in [2.45, 2.75) is 64.7 Å². The summed E-state index contributed by atoms with van der Waals surface area (Å²) in [4.78, 5) is 15.3. The number of fused-ring (bicyclic) bond motifs is 1. The summed E-state index contributed by atoms with van der Waals surface area (Å²) in [5.74, 6) is 2.60. The van der Waals surface area contributed by atoms with Gasteiger partial charge in [-0.2, -0.15) is 0 Å². The first-order chi connectivity index (χ1) is 19.6. The molecule has 4 nitrogen and oxygen atoms in total. The Morgan fingerprint density at radius 3 is 1.88 bits per heavy atom. The fourth-order valence-corrected chi connectivity index (χ4v) is 5.97. The molecule has 0 N–H and O–H groups in total. The second-order valence-electron chi connectivity index (χ2n) is 11.6. The molecular weight excluding hydrogens is 494 g/mol. The molecule has 1 aliphatic heterocycles. The van der Waals surface area contributed by atoms with Crippen LogP contribution in [0.2, 0.25) is 0 Å². The Kier molecular flexibility index (Phi) is 6.55. The highest BCUT2D eigenvalue weighted by atomic mass is 16.5. The molecule has 40 heavy (non-hydrogen) atoms. The molecule has 0 aromatic heterocycles. The third-order valence-electron chi connectivity index (χ3n) is 8.34. The lowest BCUT2D eigenvalue weighted by Gasteiger charge is -2.23. The maximum Gasteiger partial charge on any atom is 0.231 e. The number of carbonyl (C=O) groups excluding carboxylic acids is 1. The van der Waals surface area contributed by atoms with Gasteiger partial charge in [0.25, 0.3) is 0 Å². The highest BCUT2D eigenvalue weighted by Crippen LogP contribution is 2.49. The van der Waals surface area contributed by atoms with E-state index in [0.29, 0.717) is 25.7 Å². The average Bonchev–Trinajstić information content (AvgIpc) is 3.92. The molecular formula is C36H35NO3. The number of nitrogens with zero attached hydrogens (tertiary/aromatic N) is 1. The van der Waals surface area contributed by atoms with Gasteiger partial charge in [0.1, 0.15) is 24.7 Å². The summed E-state index contributed by atoms with van der Waals surface area (Å²) in [6, 6.07) is 29.7. The van der Waals surface area contributed by atoms with Gasteiger partial charge in [0, 0.05) is 11.7 Å². The van der Waals surface area contributed by atoms with Crippen LogP contribution in [0.1, 0.15) is 53.5 Å². The second-order valence-corrected chi connectivity index (χ2v) is 11.6. The number of carbonyl (C=O) groups is 1. The number of benzene rings is 4. The standard InChI is InChI=1S/C36H35NO3/c1-24-12-17-31-30(21-34(38)37(31)29-15-16-29)35(24)36-32(39-22-26-8-4-2-5-9-26)19-28(18-25-13-14-25)20-33(36)40-23-27-10-6-3-7-11-27/h2-12,17,19-20,25,29H,13-16,18,21-23H2,1H3. The molecule has 0 saturated heterocycles. The molecule has 3 aliphatic rings. The van der Waals surface area contributed by atoms with Crippen LogP contribution >= 0.6 is 0 Å². The van der Waals surface area contributed by atoms with Gasteiger partial charge < -0.3 is 14.4 Å². The van der Waals surface area contributed by atoms with Crippen LogP contribution in [0.4, 0.5) is 5.69 Å². The van der Waals surface area contributed by atoms with Crippen molar-refractivity contribution in [2.24, 2.45) is 5.92 Å². The molecule has 2 fully saturated rings. The van der Waals surface area contributed by atoms with Crippen LogP contribution in [0.15, 0.2) is 84.9 Å². The van der Waals surface area contributed by atoms with Crippen LogP contribution in [-0.2, 0) is 30.8 Å². The van der Waals surface area contributed by atoms with Crippen LogP contribution < -0.4 is 14.4 Å². The van der Waals surface area contributed by atoms with Crippen molar-refractivity contribution in [2.75, 3.05) is 4.90 Å². The summed E-state index contributed by atoms with van der Waals surface area (Å²) >= 11 is 0. The van der Waals surface area contributed by atoms with Crippen LogP contribution in [0.25, 0.3) is 11.1 Å². The van der Waals surface area contributed by atoms with E-state index in [2.05, 4.69) is 55.5 Å². The van der Waals surface area contributed by atoms with Crippen LogP contribution in [-0.4, -0.2) is 11.9 Å². The van der Waals surface area contributed by atoms with Crippen molar-refractivity contribution in [3.05, 3.63) is 113 Å². The fraction of sp³-hybridized carbons (Fsp3) is 0.306. The Morgan fingerprint density at radius 2 is 1.32 bits per heavy atom. The molecule has 0 unspecified atom stereocenters. The zero-order valence-corrected chi connectivity index (χ0v) is 23.1. The summed E-state index contributed by atoms with van der Waals surface area (Å²) in [6.07, 6.45) is 6.19. The first-order valence-electron chi connectivity index (χ1n) is 14.6. The van der Waals surface area contributed by atoms with Crippen molar-refractivity contribution in [3.63, 3.8) is 0 Å². The van der Waals surface area contributed by atoms with Crippen LogP contribution in [0.5, 0.6) is 11.5 Å². The average molecular weight is 530 g/mol. The van der Waals surface area contributed by atoms with E-state index in [-0.39, 0.29) is 5.91 Å². The minimum atomic E-state index is 0.202. The predicted molar refractivity (Wildman–Crippen MR) is 159 cm³/mol. The van der Waals surface area contributed by atoms with Crippen molar-refractivity contribution in [1.29, 1.82) is 0 Å². The fourth-order valence-electron chi connectivity index (χ4n) is 5.97. The van der Waals surface area contributed by atoms with E-state index in [4.69, 9.17) is 9.47 Å². The minimum absolute atomic E-state index is 0.202. The van der Waals surface area contributed by atoms with Gasteiger partial charge in [-0.1, -0.05) is 66.7 Å². The van der Waals surface area contributed by atoms with Gasteiger partial charge in [0.15, 0.2) is 0 Å². The monoisotopic (exact) mass is 529 g/mol. The molecule has 0 atom stereocenters. The van der Waals surface area contributed by atoms with E-state index in [9.17, 15) is 4.79 Å². The topological polar surface area (TPSA) is 38.8 Å². The zero-order valence-electron chi connectivity index (χ0n) is 23.1. The predicted octanol–water partition coefficient (Wildman–Crippen LogP) is 7.82. The van der Waals surface area contributed by atoms with Crippen molar-refractivity contribution in [3.8, 4) is 22.6 Å². The van der Waals surface area contributed by atoms with Crippen molar-refractivity contribution >= 4 is 11.6 Å². The first kappa shape index (κ1) is 25.0. The molecule has 202 valence electrons. The number of amides is 1. The summed E-state index contributed by atoms with van der Waals surface area (Å²) in [6.45, 7) is 3.08. The van der Waals surface area contributed by atoms with Crippen molar-refractivity contribution < 1.29 is 14.3 Å². The molecule has 0 radical (unpaired) electrons. The van der Waals surface area contributed by atoms with Gasteiger partial charge in [-0.15, -0.1) is 0 Å². The number of hydrogen-bond donors (Lipinski definition) is 0. The Labute approximate surface area is 236 Å². The van der Waals surface area contributed by atoms with Gasteiger partial charge in [-0.05, 0) is 96.5 Å². The summed E-state index contributed by atoms with van der Waals surface area (Å²) in [5.41, 5.74) is 8.82. The lowest BCUT2D eigenvalue weighted by molar-refractivity contribution is -0.117. The largest absolute Gasteiger partial charge is 0.488 e. The summed E-state index contributed by atoms with van der Waals surface area (Å²) < 4.78 is 13.3. The second kappa shape index (κ2) is 10.5. The Bertz CT molecular complexity index is 1470. The Hall–Kier alpha value is -4.05. The highest BCUT2D eigenvalue weighted by Gasteiger charge is 2.40. The summed E-state index contributed by atoms with van der Waals surface area (Å²) in [7, 11) is 0. The van der Waals surface area contributed by atoms with E-state index < -0.39 is 0 Å². The minimum Gasteiger partial charge on any atom is -0.488 e. The zero-order chi connectivity index (χ0) is 27.1. The third kappa shape index (κ3) is 5.11. The first-order valence-corrected chi connectivity index (χ1v) is 14.6. The maximum atomic E-state index is 13.2. The van der Waals surface area contributed by atoms with E-state index >= 15 is 0 Å². The van der Waals surface area contributed by atoms with E-state index in [1.54, 1.807) is 0 Å². The third-order valence-corrected chi connectivity index (χ3v) is 8.34. The molecule has 0 spiro atoms. The molecule has 0 bridgehead atoms. The highest BCUT2D eigenvalue weighted by molar-refractivity contribution is 6.05. The van der Waals surface area contributed by atoms with Crippen LogP contribution in [0.3, 0.4) is 0 Å². The van der Waals surface area contributed by atoms with E-state index in [0.717, 1.165) is 75.7 Å². The molecule has 2 aliphatic carbocycles. The van der Waals surface area contributed by atoms with Gasteiger partial charge in [-0.3, -0.25) is 4.79 Å². The van der Waals surface area contributed by atoms with Crippen LogP contribution in [0, 0.1) is 12.8 Å². The molecule has 2 saturated carbocycles. The maximum absolute atomic E-state index is 13.2. The van der Waals surface area contributed by atoms with Gasteiger partial charge in [0.2, 0.25) is 5.91 Å². The quantitative estimate of drug-likeness (QED) is 0.210. The molecule has 4 aromatic carbocycles. The molecule has 1 heterocycles. The number of ether oxygens (including phenoxy) is 2. The lowest BCUT2D eigenvalue weighted by atomic mass is 9.90. The Morgan fingerprint density at radius 1 is 0.725 bits per heavy atom. The Balaban J connectivity index is 1.36. The number of hydrogen-bond acceptors (Lipinski definition) is 3. The smallest absolute Gasteiger partial charge is 0.231 e. The lowest BCUT2D eigenvalue weighted by Crippen LogP contribution is -2.28. The molecule has 4 aromatic rings. The normalized spacial score (nSPS) is 16.2. The SMILES string of the molecule is Cc1ccc2c(c1-c1c(OCc3ccccc3)cc(CC3CC3)cc1OCc1ccccc1)CC(=O)N2C1CC1. The van der Waals surface area contributed by atoms with Gasteiger partial charge in [0.05, 0.1) is 12.0 Å². The van der Waals surface area contributed by atoms with Gasteiger partial charge in [-0.25, -0.2) is 0 Å².